The first-order valence-corrected chi connectivity index (χ1v) is 38.2. The molecule has 13 atom stereocenters. The summed E-state index contributed by atoms with van der Waals surface area (Å²) in [5.41, 5.74) is 11.2. The lowest BCUT2D eigenvalue weighted by Gasteiger charge is -2.33. The van der Waals surface area contributed by atoms with E-state index in [1.165, 1.54) is 81.9 Å². The minimum absolute atomic E-state index is 0.0581. The molecule has 1 aliphatic heterocycles. The molecule has 0 aromatic rings. The fourth-order valence-electron chi connectivity index (χ4n) is 11.5. The number of carboxylic acids is 1. The molecule has 1 aliphatic rings. The third-order valence-corrected chi connectivity index (χ3v) is 18.4. The summed E-state index contributed by atoms with van der Waals surface area (Å²) in [5.74, 6) is -14.6. The van der Waals surface area contributed by atoms with E-state index in [1.807, 2.05) is 0 Å². The third-order valence-electron chi connectivity index (χ3n) is 17.7. The number of amides is 13. The lowest BCUT2D eigenvalue weighted by molar-refractivity contribution is -0.144. The maximum absolute atomic E-state index is 14.6. The monoisotopic (exact) mass is 1480 g/mol. The van der Waals surface area contributed by atoms with Crippen molar-refractivity contribution in [2.24, 2.45) is 35.1 Å². The van der Waals surface area contributed by atoms with E-state index in [0.29, 0.717) is 38.0 Å². The molecule has 0 bridgehead atoms. The number of primary amides is 1. The van der Waals surface area contributed by atoms with Gasteiger partial charge in [-0.2, -0.15) is 11.8 Å². The van der Waals surface area contributed by atoms with Crippen LogP contribution in [0.3, 0.4) is 0 Å². The zero-order chi connectivity index (χ0) is 78.1. The molecule has 1 saturated heterocycles. The summed E-state index contributed by atoms with van der Waals surface area (Å²) in [6, 6.07) is -17.2. The quantitative estimate of drug-likeness (QED) is 0.0357. The molecule has 0 aromatic heterocycles. The first-order chi connectivity index (χ1) is 48.6. The Morgan fingerprint density at radius 3 is 1.39 bits per heavy atom. The number of unbranched alkanes of at least 4 members (excludes halogenated alkanes) is 13. The number of aliphatic carboxylic acids is 1. The highest BCUT2D eigenvalue weighted by Gasteiger charge is 2.42. The molecule has 590 valence electrons. The zero-order valence-corrected chi connectivity index (χ0v) is 63.7. The Morgan fingerprint density at radius 1 is 0.476 bits per heavy atom. The van der Waals surface area contributed by atoms with Crippen LogP contribution in [0.2, 0.25) is 0 Å². The maximum Gasteiger partial charge on any atom is 0.326 e. The lowest BCUT2D eigenvalue weighted by atomic mass is 9.98. The SMILES string of the molecule is CCCCCCCCCCCCCCCC(=O)N[C@@H](CCCCN)C(=O)N[C@@H](CO)C(=O)N[C@@H](CO)C(=O)N[C@@H](CC(N)=O)C(=O)N[C@@H](CC(C)C)C(=O)N[C@H](C(=O)N1CCC[C@H]1C(=O)N[C@@H](CCSC)C(=O)N[C@H](C(=O)N[C@@H](C)C(=O)N[C@H](C(=O)N[C@H](C(=O)O)C(C)C)[C@@H](C)O)C(C)C)C(C)C. The normalized spacial score (nSPS) is 16.4. The summed E-state index contributed by atoms with van der Waals surface area (Å²) in [6.45, 7) is 16.1. The minimum atomic E-state index is -1.85. The highest BCUT2D eigenvalue weighted by molar-refractivity contribution is 7.98. The molecule has 19 N–H and O–H groups in total. The number of aliphatic hydroxyl groups excluding tert-OH is 3. The summed E-state index contributed by atoms with van der Waals surface area (Å²) >= 11 is 1.36. The third kappa shape index (κ3) is 35.9. The van der Waals surface area contributed by atoms with Crippen molar-refractivity contribution in [2.75, 3.05) is 38.3 Å². The summed E-state index contributed by atoms with van der Waals surface area (Å²) in [6.07, 6.45) is 15.9. The van der Waals surface area contributed by atoms with E-state index in [-0.39, 0.29) is 50.5 Å². The molecule has 1 rings (SSSR count). The van der Waals surface area contributed by atoms with Crippen molar-refractivity contribution in [3.8, 4) is 0 Å². The van der Waals surface area contributed by atoms with Gasteiger partial charge in [0.15, 0.2) is 0 Å². The molecule has 0 radical (unpaired) electrons. The molecule has 0 spiro atoms. The van der Waals surface area contributed by atoms with Gasteiger partial charge in [-0.3, -0.25) is 62.3 Å². The van der Waals surface area contributed by atoms with Crippen LogP contribution in [0.5, 0.6) is 0 Å². The highest BCUT2D eigenvalue weighted by atomic mass is 32.2. The van der Waals surface area contributed by atoms with Crippen LogP contribution in [-0.4, -0.2) is 225 Å². The van der Waals surface area contributed by atoms with Gasteiger partial charge >= 0.3 is 5.97 Å². The first kappa shape index (κ1) is 93.8. The predicted molar refractivity (Wildman–Crippen MR) is 389 cm³/mol. The Morgan fingerprint density at radius 2 is 0.913 bits per heavy atom. The van der Waals surface area contributed by atoms with Gasteiger partial charge in [0.25, 0.3) is 0 Å². The summed E-state index contributed by atoms with van der Waals surface area (Å²) in [4.78, 5) is 191. The van der Waals surface area contributed by atoms with E-state index < -0.39 is 193 Å². The van der Waals surface area contributed by atoms with Crippen LogP contribution in [0.1, 0.15) is 217 Å². The van der Waals surface area contributed by atoms with Gasteiger partial charge in [-0.15, -0.1) is 0 Å². The number of nitrogens with one attached hydrogen (secondary N) is 11. The molecular weight excluding hydrogens is 1360 g/mol. The number of aliphatic hydroxyl groups is 3. The molecule has 32 nitrogen and oxygen atoms in total. The highest BCUT2D eigenvalue weighted by Crippen LogP contribution is 2.22. The van der Waals surface area contributed by atoms with Crippen molar-refractivity contribution in [2.45, 2.75) is 296 Å². The largest absolute Gasteiger partial charge is 0.480 e. The molecule has 0 aliphatic carbocycles. The summed E-state index contributed by atoms with van der Waals surface area (Å²) < 4.78 is 0. The van der Waals surface area contributed by atoms with E-state index in [9.17, 15) is 87.5 Å². The van der Waals surface area contributed by atoms with Gasteiger partial charge in [0.05, 0.1) is 25.7 Å². The van der Waals surface area contributed by atoms with Crippen molar-refractivity contribution in [3.05, 3.63) is 0 Å². The molecule has 1 fully saturated rings. The molecule has 0 saturated carbocycles. The van der Waals surface area contributed by atoms with Crippen LogP contribution in [-0.2, 0) is 67.1 Å². The Balaban J connectivity index is 3.23. The second-order valence-corrected chi connectivity index (χ2v) is 29.3. The number of carbonyl (C=O) groups is 14. The first-order valence-electron chi connectivity index (χ1n) is 36.8. The van der Waals surface area contributed by atoms with Crippen LogP contribution in [0.4, 0.5) is 0 Å². The van der Waals surface area contributed by atoms with Crippen molar-refractivity contribution in [1.82, 2.24) is 63.4 Å². The zero-order valence-electron chi connectivity index (χ0n) is 62.9. The van der Waals surface area contributed by atoms with E-state index in [0.717, 1.165) is 25.7 Å². The molecule has 0 aromatic carbocycles. The number of nitrogens with two attached hydrogens (primary N) is 2. The Labute approximate surface area is 612 Å². The van der Waals surface area contributed by atoms with Crippen molar-refractivity contribution < 1.29 is 87.5 Å². The number of likely N-dealkylation sites (tertiary alicyclic amines) is 1. The summed E-state index contributed by atoms with van der Waals surface area (Å²) in [7, 11) is 0. The fourth-order valence-corrected chi connectivity index (χ4v) is 12.0. The molecule has 103 heavy (non-hydrogen) atoms. The Bertz CT molecular complexity index is 2710. The van der Waals surface area contributed by atoms with Crippen LogP contribution < -0.4 is 70.0 Å². The predicted octanol–water partition coefficient (Wildman–Crippen LogP) is 0.0330. The Kier molecular flexibility index (Phi) is 46.5. The van der Waals surface area contributed by atoms with E-state index in [1.54, 1.807) is 61.6 Å². The van der Waals surface area contributed by atoms with Crippen LogP contribution in [0, 0.1) is 23.7 Å². The number of nitrogens with zero attached hydrogens (tertiary/aromatic N) is 1. The van der Waals surface area contributed by atoms with Crippen molar-refractivity contribution in [3.63, 3.8) is 0 Å². The van der Waals surface area contributed by atoms with Crippen molar-refractivity contribution in [1.29, 1.82) is 0 Å². The maximum atomic E-state index is 14.6. The topological polar surface area (TPSA) is 508 Å². The van der Waals surface area contributed by atoms with Gasteiger partial charge in [-0.25, -0.2) is 4.79 Å². The van der Waals surface area contributed by atoms with Gasteiger partial charge in [0.2, 0.25) is 76.8 Å². The molecule has 33 heteroatoms. The smallest absolute Gasteiger partial charge is 0.326 e. The Hall–Kier alpha value is -7.23. The van der Waals surface area contributed by atoms with Gasteiger partial charge in [-0.1, -0.05) is 139 Å². The lowest BCUT2D eigenvalue weighted by Crippen LogP contribution is -2.62. The second-order valence-electron chi connectivity index (χ2n) is 28.3. The van der Waals surface area contributed by atoms with Gasteiger partial charge in [0, 0.05) is 13.0 Å². The number of rotatable bonds is 54. The van der Waals surface area contributed by atoms with Gasteiger partial charge < -0.3 is 95.3 Å². The van der Waals surface area contributed by atoms with Crippen LogP contribution in [0.25, 0.3) is 0 Å². The van der Waals surface area contributed by atoms with Gasteiger partial charge in [-0.05, 0) is 107 Å². The molecule has 13 amide bonds. The molecular formula is C70H126N14O18S. The average molecular weight is 1480 g/mol. The van der Waals surface area contributed by atoms with E-state index >= 15 is 0 Å². The van der Waals surface area contributed by atoms with E-state index in [2.05, 4.69) is 65.4 Å². The molecule has 1 heterocycles. The number of hydrogen-bond donors (Lipinski definition) is 17. The number of thioether (sulfide) groups is 1. The average Bonchev–Trinajstić information content (AvgIpc) is 1.75. The van der Waals surface area contributed by atoms with Gasteiger partial charge in [0.1, 0.15) is 72.5 Å². The number of carboxylic acid groups (broad SMARTS) is 1. The van der Waals surface area contributed by atoms with Crippen molar-refractivity contribution >= 4 is 94.5 Å². The summed E-state index contributed by atoms with van der Waals surface area (Å²) in [5, 5.41) is 67.9. The number of hydrogen-bond acceptors (Lipinski definition) is 19. The standard InChI is InChI=1S/C70H126N14O18S/c1-13-14-15-16-17-18-19-20-21-22-23-24-25-31-54(89)74-46(29-26-27-33-71)60(91)78-51(39-86)65(96)79-50(38-85)64(95)77-49(37-53(72)88)62(93)76-48(36-40(2)3)63(94)81-56(42(6)7)69(100)84-34-28-30-52(84)66(97)75-47(32-35-103-12)61(92)80-55(41(4)5)67(98)73-44(10)59(90)83-58(45(11)87)68(99)82-57(43(8)9)70(101)102/h40-52,55-58,85-87H,13-39,71H2,1-12H3,(H2,72,88)(H,73,98)(H,74,89)(H,75,97)(H,76,93)(H,77,95)(H,78,91)(H,79,96)(H,80,92)(H,81,94)(H,82,99)(H,83,90)(H,101,102)/t44-,45+,46-,47-,48-,49-,50-,51-,52-,55-,56-,57-,58-/m0/s1. The fraction of sp³-hybridized carbons (Fsp3) is 0.800. The van der Waals surface area contributed by atoms with Crippen LogP contribution >= 0.6 is 11.8 Å². The van der Waals surface area contributed by atoms with Crippen LogP contribution in [0.15, 0.2) is 0 Å². The number of carbonyl (C=O) groups excluding carboxylic acids is 13. The second kappa shape index (κ2) is 51.0. The molecule has 0 unspecified atom stereocenters. The van der Waals surface area contributed by atoms with E-state index in [4.69, 9.17) is 11.5 Å². The minimum Gasteiger partial charge on any atom is -0.480 e.